The van der Waals surface area contributed by atoms with E-state index in [1.165, 1.54) is 5.56 Å². The molecule has 1 saturated heterocycles. The fourth-order valence-electron chi connectivity index (χ4n) is 2.47. The molecule has 0 spiro atoms. The fourth-order valence-corrected chi connectivity index (χ4v) is 2.47. The average Bonchev–Trinajstić information content (AvgIpc) is 2.55. The van der Waals surface area contributed by atoms with Crippen molar-refractivity contribution in [3.63, 3.8) is 0 Å². The van der Waals surface area contributed by atoms with Gasteiger partial charge in [0.2, 0.25) is 0 Å². The zero-order valence-electron chi connectivity index (χ0n) is 10.7. The van der Waals surface area contributed by atoms with Gasteiger partial charge >= 0.3 is 0 Å². The second-order valence-corrected chi connectivity index (χ2v) is 4.98. The molecule has 1 heterocycles. The topological polar surface area (TPSA) is 18.5 Å². The highest BCUT2D eigenvalue weighted by molar-refractivity contribution is 5.25. The molecule has 2 heteroatoms. The number of ether oxygens (including phenoxy) is 2. The van der Waals surface area contributed by atoms with E-state index in [4.69, 9.17) is 9.47 Å². The molecule has 3 atom stereocenters. The fraction of sp³-hybridized carbons (Fsp3) is 0.467. The molecule has 0 saturated carbocycles. The summed E-state index contributed by atoms with van der Waals surface area (Å²) in [6.07, 6.45) is 2.06. The van der Waals surface area contributed by atoms with Gasteiger partial charge in [0.1, 0.15) is 0 Å². The van der Waals surface area contributed by atoms with Gasteiger partial charge in [-0.2, -0.15) is 0 Å². The smallest absolute Gasteiger partial charge is 0.163 e. The average molecular weight is 232 g/mol. The van der Waals surface area contributed by atoms with Crippen molar-refractivity contribution in [2.45, 2.75) is 44.7 Å². The largest absolute Gasteiger partial charge is 0.345 e. The molecule has 2 nitrogen and oxygen atoms in total. The zero-order valence-corrected chi connectivity index (χ0v) is 10.7. The van der Waals surface area contributed by atoms with E-state index in [-0.39, 0.29) is 18.1 Å². The predicted octanol–water partition coefficient (Wildman–Crippen LogP) is 3.50. The summed E-state index contributed by atoms with van der Waals surface area (Å²) < 4.78 is 11.8. The first-order valence-electron chi connectivity index (χ1n) is 6.06. The summed E-state index contributed by atoms with van der Waals surface area (Å²) in [5.74, 6) is -0.326. The Labute approximate surface area is 103 Å². The third kappa shape index (κ3) is 2.59. The van der Waals surface area contributed by atoms with Gasteiger partial charge in [0.05, 0.1) is 12.2 Å². The maximum atomic E-state index is 5.98. The van der Waals surface area contributed by atoms with Gasteiger partial charge in [0, 0.05) is 5.92 Å². The molecular formula is C15H20O2. The Morgan fingerprint density at radius 3 is 2.35 bits per heavy atom. The third-order valence-electron chi connectivity index (χ3n) is 3.14. The van der Waals surface area contributed by atoms with Crippen LogP contribution >= 0.6 is 0 Å². The molecule has 0 bridgehead atoms. The standard InChI is InChI=1S/C15H20O2/c1-5-13(12-9-7-6-8-10-12)14-11(2)16-15(3,4)17-14/h5-11,13-14H,1H2,2-4H3/t11-,13?,14-/m1/s1. The molecule has 1 aromatic carbocycles. The molecule has 1 unspecified atom stereocenters. The Morgan fingerprint density at radius 2 is 1.88 bits per heavy atom. The first-order valence-corrected chi connectivity index (χ1v) is 6.06. The van der Waals surface area contributed by atoms with Crippen LogP contribution in [0.3, 0.4) is 0 Å². The van der Waals surface area contributed by atoms with E-state index in [0.29, 0.717) is 0 Å². The highest BCUT2D eigenvalue weighted by Gasteiger charge is 2.42. The molecule has 0 aromatic heterocycles. The molecule has 1 aliphatic heterocycles. The van der Waals surface area contributed by atoms with Crippen molar-refractivity contribution in [3.05, 3.63) is 48.6 Å². The van der Waals surface area contributed by atoms with Crippen molar-refractivity contribution < 1.29 is 9.47 Å². The van der Waals surface area contributed by atoms with Gasteiger partial charge in [-0.05, 0) is 26.3 Å². The van der Waals surface area contributed by atoms with Crippen molar-refractivity contribution >= 4 is 0 Å². The van der Waals surface area contributed by atoms with E-state index >= 15 is 0 Å². The minimum absolute atomic E-state index is 0.0323. The summed E-state index contributed by atoms with van der Waals surface area (Å²) in [5, 5.41) is 0. The second kappa shape index (κ2) is 4.63. The van der Waals surface area contributed by atoms with Crippen LogP contribution in [0, 0.1) is 0 Å². The zero-order chi connectivity index (χ0) is 12.5. The van der Waals surface area contributed by atoms with Gasteiger partial charge in [-0.15, -0.1) is 6.58 Å². The van der Waals surface area contributed by atoms with Gasteiger partial charge in [-0.1, -0.05) is 36.4 Å². The molecule has 2 rings (SSSR count). The number of hydrogen-bond donors (Lipinski definition) is 0. The normalized spacial score (nSPS) is 28.9. The van der Waals surface area contributed by atoms with Crippen LogP contribution in [0.4, 0.5) is 0 Å². The van der Waals surface area contributed by atoms with Crippen LogP contribution in [0.2, 0.25) is 0 Å². The minimum Gasteiger partial charge on any atom is -0.345 e. The lowest BCUT2D eigenvalue weighted by atomic mass is 9.91. The maximum Gasteiger partial charge on any atom is 0.163 e. The summed E-state index contributed by atoms with van der Waals surface area (Å²) in [6.45, 7) is 9.89. The van der Waals surface area contributed by atoms with Gasteiger partial charge in [0.25, 0.3) is 0 Å². The molecule has 0 radical (unpaired) electrons. The van der Waals surface area contributed by atoms with Gasteiger partial charge in [-0.25, -0.2) is 0 Å². The van der Waals surface area contributed by atoms with E-state index in [1.54, 1.807) is 0 Å². The predicted molar refractivity (Wildman–Crippen MR) is 68.9 cm³/mol. The molecule has 92 valence electrons. The molecule has 17 heavy (non-hydrogen) atoms. The van der Waals surface area contributed by atoms with Gasteiger partial charge in [-0.3, -0.25) is 0 Å². The lowest BCUT2D eigenvalue weighted by Gasteiger charge is -2.23. The lowest BCUT2D eigenvalue weighted by molar-refractivity contribution is -0.145. The molecule has 1 aromatic rings. The monoisotopic (exact) mass is 232 g/mol. The quantitative estimate of drug-likeness (QED) is 0.743. The number of benzene rings is 1. The van der Waals surface area contributed by atoms with Gasteiger partial charge in [0.15, 0.2) is 5.79 Å². The third-order valence-corrected chi connectivity index (χ3v) is 3.14. The maximum absolute atomic E-state index is 5.98. The van der Waals surface area contributed by atoms with Crippen LogP contribution in [-0.4, -0.2) is 18.0 Å². The molecule has 1 fully saturated rings. The summed E-state index contributed by atoms with van der Waals surface area (Å²) in [7, 11) is 0. The Bertz CT molecular complexity index is 383. The van der Waals surface area contributed by atoms with E-state index in [2.05, 4.69) is 25.6 Å². The van der Waals surface area contributed by atoms with Gasteiger partial charge < -0.3 is 9.47 Å². The molecule has 1 aliphatic rings. The van der Waals surface area contributed by atoms with E-state index in [0.717, 1.165) is 0 Å². The summed E-state index contributed by atoms with van der Waals surface area (Å²) in [6, 6.07) is 10.3. The number of rotatable bonds is 3. The van der Waals surface area contributed by atoms with Crippen molar-refractivity contribution in [1.82, 2.24) is 0 Å². The Morgan fingerprint density at radius 1 is 1.24 bits per heavy atom. The van der Waals surface area contributed by atoms with E-state index in [1.807, 2.05) is 38.1 Å². The van der Waals surface area contributed by atoms with Crippen molar-refractivity contribution in [1.29, 1.82) is 0 Å². The van der Waals surface area contributed by atoms with Crippen LogP contribution in [-0.2, 0) is 9.47 Å². The van der Waals surface area contributed by atoms with Crippen LogP contribution < -0.4 is 0 Å². The van der Waals surface area contributed by atoms with Crippen LogP contribution in [0.5, 0.6) is 0 Å². The summed E-state index contributed by atoms with van der Waals surface area (Å²) in [4.78, 5) is 0. The minimum atomic E-state index is -0.500. The van der Waals surface area contributed by atoms with Crippen molar-refractivity contribution in [2.75, 3.05) is 0 Å². The highest BCUT2D eigenvalue weighted by atomic mass is 16.7. The van der Waals surface area contributed by atoms with Crippen LogP contribution in [0.25, 0.3) is 0 Å². The van der Waals surface area contributed by atoms with Crippen LogP contribution in [0.1, 0.15) is 32.3 Å². The molecule has 0 N–H and O–H groups in total. The summed E-state index contributed by atoms with van der Waals surface area (Å²) >= 11 is 0. The van der Waals surface area contributed by atoms with Crippen molar-refractivity contribution in [2.24, 2.45) is 0 Å². The first-order chi connectivity index (χ1) is 8.03. The SMILES string of the molecule is C=CC(c1ccccc1)[C@@H]1OC(C)(C)O[C@@H]1C. The molecular weight excluding hydrogens is 212 g/mol. The highest BCUT2D eigenvalue weighted by Crippen LogP contribution is 2.36. The Hall–Kier alpha value is -1.12. The first kappa shape index (κ1) is 12.3. The molecule has 0 amide bonds. The number of hydrogen-bond acceptors (Lipinski definition) is 2. The Balaban J connectivity index is 2.23. The summed E-state index contributed by atoms with van der Waals surface area (Å²) in [5.41, 5.74) is 1.22. The van der Waals surface area contributed by atoms with Crippen LogP contribution in [0.15, 0.2) is 43.0 Å². The Kier molecular flexibility index (Phi) is 3.36. The second-order valence-electron chi connectivity index (χ2n) is 4.98. The van der Waals surface area contributed by atoms with E-state index < -0.39 is 5.79 Å². The molecule has 0 aliphatic carbocycles. The van der Waals surface area contributed by atoms with E-state index in [9.17, 15) is 0 Å². The van der Waals surface area contributed by atoms with Crippen molar-refractivity contribution in [3.8, 4) is 0 Å². The lowest BCUT2D eigenvalue weighted by Crippen LogP contribution is -2.27.